The molecule has 122 valence electrons. The van der Waals surface area contributed by atoms with Crippen LogP contribution in [-0.4, -0.2) is 36.5 Å². The number of nitrogens with zero attached hydrogens (tertiary/aromatic N) is 1. The zero-order chi connectivity index (χ0) is 16.3. The Balaban J connectivity index is 1.96. The van der Waals surface area contributed by atoms with Gasteiger partial charge in [-0.2, -0.15) is 0 Å². The van der Waals surface area contributed by atoms with E-state index in [9.17, 15) is 4.79 Å². The van der Waals surface area contributed by atoms with E-state index in [2.05, 4.69) is 36.2 Å². The van der Waals surface area contributed by atoms with Crippen LogP contribution in [0.25, 0.3) is 0 Å². The summed E-state index contributed by atoms with van der Waals surface area (Å²) in [5, 5.41) is 3.15. The number of nitrogens with two attached hydrogens (primary N) is 1. The van der Waals surface area contributed by atoms with Gasteiger partial charge in [-0.3, -0.25) is 9.69 Å². The lowest BCUT2D eigenvalue weighted by atomic mass is 9.90. The van der Waals surface area contributed by atoms with Gasteiger partial charge in [-0.1, -0.05) is 31.2 Å². The molecule has 3 atom stereocenters. The van der Waals surface area contributed by atoms with Gasteiger partial charge in [0.05, 0.1) is 12.1 Å². The van der Waals surface area contributed by atoms with Crippen LogP contribution in [0, 0.1) is 12.3 Å². The molecule has 1 fully saturated rings. The van der Waals surface area contributed by atoms with Gasteiger partial charge in [-0.25, -0.2) is 0 Å². The third-order valence-electron chi connectivity index (χ3n) is 5.02. The maximum atomic E-state index is 12.5. The fourth-order valence-corrected chi connectivity index (χ4v) is 3.21. The first kappa shape index (κ1) is 17.0. The molecular weight excluding hydrogens is 274 g/mol. The zero-order valence-corrected chi connectivity index (χ0v) is 14.2. The molecule has 1 aliphatic heterocycles. The lowest BCUT2D eigenvalue weighted by Gasteiger charge is -2.28. The summed E-state index contributed by atoms with van der Waals surface area (Å²) in [6, 6.07) is 8.11. The first-order valence-corrected chi connectivity index (χ1v) is 8.16. The zero-order valence-electron chi connectivity index (χ0n) is 14.2. The van der Waals surface area contributed by atoms with Gasteiger partial charge in [0, 0.05) is 6.54 Å². The summed E-state index contributed by atoms with van der Waals surface area (Å²) in [7, 11) is 0. The van der Waals surface area contributed by atoms with Crippen molar-refractivity contribution < 1.29 is 4.79 Å². The fraction of sp³-hybridized carbons (Fsp3) is 0.611. The highest BCUT2D eigenvalue weighted by Gasteiger charge is 2.36. The molecule has 1 amide bonds. The van der Waals surface area contributed by atoms with Crippen molar-refractivity contribution in [3.63, 3.8) is 0 Å². The van der Waals surface area contributed by atoms with Crippen LogP contribution in [0.5, 0.6) is 0 Å². The monoisotopic (exact) mass is 303 g/mol. The topological polar surface area (TPSA) is 58.4 Å². The number of rotatable bonds is 5. The van der Waals surface area contributed by atoms with E-state index in [1.165, 1.54) is 11.1 Å². The Morgan fingerprint density at radius 3 is 2.68 bits per heavy atom. The van der Waals surface area contributed by atoms with E-state index in [1.54, 1.807) is 0 Å². The summed E-state index contributed by atoms with van der Waals surface area (Å²) in [5.41, 5.74) is 8.39. The molecule has 3 unspecified atom stereocenters. The third-order valence-corrected chi connectivity index (χ3v) is 5.02. The second-order valence-corrected chi connectivity index (χ2v) is 7.00. The predicted molar refractivity (Wildman–Crippen MR) is 90.6 cm³/mol. The number of hydrogen-bond acceptors (Lipinski definition) is 3. The Morgan fingerprint density at radius 2 is 2.09 bits per heavy atom. The molecule has 0 spiro atoms. The van der Waals surface area contributed by atoms with Gasteiger partial charge in [0.15, 0.2) is 0 Å². The number of benzene rings is 1. The van der Waals surface area contributed by atoms with Crippen LogP contribution >= 0.6 is 0 Å². The van der Waals surface area contributed by atoms with Gasteiger partial charge in [0.25, 0.3) is 0 Å². The Bertz CT molecular complexity index is 531. The highest BCUT2D eigenvalue weighted by Crippen LogP contribution is 2.30. The van der Waals surface area contributed by atoms with Gasteiger partial charge in [-0.15, -0.1) is 0 Å². The van der Waals surface area contributed by atoms with E-state index >= 15 is 0 Å². The van der Waals surface area contributed by atoms with Gasteiger partial charge in [-0.05, 0) is 56.8 Å². The summed E-state index contributed by atoms with van der Waals surface area (Å²) in [5.74, 6) is 0.0945. The number of amides is 1. The summed E-state index contributed by atoms with van der Waals surface area (Å²) in [4.78, 5) is 14.8. The first-order chi connectivity index (χ1) is 10.4. The van der Waals surface area contributed by atoms with Crippen LogP contribution < -0.4 is 11.1 Å². The number of carbonyl (C=O) groups is 1. The van der Waals surface area contributed by atoms with Crippen molar-refractivity contribution >= 4 is 5.91 Å². The molecule has 2 rings (SSSR count). The minimum absolute atomic E-state index is 0.0274. The summed E-state index contributed by atoms with van der Waals surface area (Å²) in [6.45, 7) is 10.8. The van der Waals surface area contributed by atoms with E-state index in [4.69, 9.17) is 5.73 Å². The van der Waals surface area contributed by atoms with Crippen LogP contribution in [0.15, 0.2) is 24.3 Å². The van der Waals surface area contributed by atoms with Crippen LogP contribution in [0.3, 0.4) is 0 Å². The van der Waals surface area contributed by atoms with E-state index in [0.29, 0.717) is 6.54 Å². The molecule has 0 aliphatic carbocycles. The Morgan fingerprint density at radius 1 is 1.41 bits per heavy atom. The standard InChI is InChI=1S/C18H29N3O/c1-13-7-5-6-8-16(13)14(2)20-17(22)15(3)21-10-9-18(4,11-19)12-21/h5-8,14-15H,9-12,19H2,1-4H3,(H,20,22). The van der Waals surface area contributed by atoms with Crippen molar-refractivity contribution in [1.82, 2.24) is 10.2 Å². The number of carbonyl (C=O) groups excluding carboxylic acids is 1. The average Bonchev–Trinajstić information content (AvgIpc) is 2.90. The third kappa shape index (κ3) is 3.68. The molecule has 1 aromatic rings. The lowest BCUT2D eigenvalue weighted by Crippen LogP contribution is -2.46. The van der Waals surface area contributed by atoms with Crippen LogP contribution in [0.1, 0.15) is 44.4 Å². The van der Waals surface area contributed by atoms with Crippen molar-refractivity contribution in [2.75, 3.05) is 19.6 Å². The first-order valence-electron chi connectivity index (χ1n) is 8.16. The van der Waals surface area contributed by atoms with E-state index in [-0.39, 0.29) is 23.4 Å². The fourth-order valence-electron chi connectivity index (χ4n) is 3.21. The molecule has 0 aromatic heterocycles. The molecule has 0 saturated carbocycles. The van der Waals surface area contributed by atoms with Crippen LogP contribution in [-0.2, 0) is 4.79 Å². The van der Waals surface area contributed by atoms with Gasteiger partial charge >= 0.3 is 0 Å². The highest BCUT2D eigenvalue weighted by atomic mass is 16.2. The molecule has 0 radical (unpaired) electrons. The minimum atomic E-state index is -0.111. The normalized spacial score (nSPS) is 25.0. The Kier molecular flexibility index (Phi) is 5.24. The molecule has 3 N–H and O–H groups in total. The molecule has 1 saturated heterocycles. The van der Waals surface area contributed by atoms with Crippen molar-refractivity contribution in [1.29, 1.82) is 0 Å². The van der Waals surface area contributed by atoms with E-state index in [0.717, 1.165) is 19.5 Å². The maximum absolute atomic E-state index is 12.5. The molecule has 4 heteroatoms. The summed E-state index contributed by atoms with van der Waals surface area (Å²) >= 11 is 0. The molecule has 1 aliphatic rings. The smallest absolute Gasteiger partial charge is 0.237 e. The Hall–Kier alpha value is -1.39. The largest absolute Gasteiger partial charge is 0.348 e. The van der Waals surface area contributed by atoms with E-state index < -0.39 is 0 Å². The second-order valence-electron chi connectivity index (χ2n) is 7.00. The molecular formula is C18H29N3O. The number of hydrogen-bond donors (Lipinski definition) is 2. The van der Waals surface area contributed by atoms with Crippen molar-refractivity contribution in [3.8, 4) is 0 Å². The molecule has 0 bridgehead atoms. The second kappa shape index (κ2) is 6.80. The number of aryl methyl sites for hydroxylation is 1. The minimum Gasteiger partial charge on any atom is -0.348 e. The van der Waals surface area contributed by atoms with Gasteiger partial charge < -0.3 is 11.1 Å². The average molecular weight is 303 g/mol. The lowest BCUT2D eigenvalue weighted by molar-refractivity contribution is -0.126. The predicted octanol–water partition coefficient (Wildman–Crippen LogP) is 2.23. The van der Waals surface area contributed by atoms with Crippen molar-refractivity contribution in [2.24, 2.45) is 11.1 Å². The van der Waals surface area contributed by atoms with E-state index in [1.807, 2.05) is 26.0 Å². The van der Waals surface area contributed by atoms with Gasteiger partial charge in [0.2, 0.25) is 5.91 Å². The quantitative estimate of drug-likeness (QED) is 0.877. The van der Waals surface area contributed by atoms with Crippen LogP contribution in [0.2, 0.25) is 0 Å². The SMILES string of the molecule is Cc1ccccc1C(C)NC(=O)C(C)N1CCC(C)(CN)C1. The summed E-state index contributed by atoms with van der Waals surface area (Å²) in [6.07, 6.45) is 1.06. The summed E-state index contributed by atoms with van der Waals surface area (Å²) < 4.78 is 0. The maximum Gasteiger partial charge on any atom is 0.237 e. The molecule has 22 heavy (non-hydrogen) atoms. The molecule has 1 aromatic carbocycles. The van der Waals surface area contributed by atoms with Crippen molar-refractivity contribution in [2.45, 2.75) is 46.2 Å². The van der Waals surface area contributed by atoms with Crippen LogP contribution in [0.4, 0.5) is 0 Å². The number of likely N-dealkylation sites (tertiary alicyclic amines) is 1. The molecule has 1 heterocycles. The molecule has 4 nitrogen and oxygen atoms in total. The van der Waals surface area contributed by atoms with Gasteiger partial charge in [0.1, 0.15) is 0 Å². The highest BCUT2D eigenvalue weighted by molar-refractivity contribution is 5.81. The number of nitrogens with one attached hydrogen (secondary N) is 1. The van der Waals surface area contributed by atoms with Crippen molar-refractivity contribution in [3.05, 3.63) is 35.4 Å². The Labute approximate surface area is 134 Å².